The summed E-state index contributed by atoms with van der Waals surface area (Å²) in [6.07, 6.45) is 0.328. The van der Waals surface area contributed by atoms with Crippen molar-refractivity contribution >= 4 is 29.6 Å². The molecule has 150 valence electrons. The van der Waals surface area contributed by atoms with Crippen LogP contribution in [0.2, 0.25) is 5.02 Å². The number of amides is 1. The molecule has 2 aromatic rings. The number of esters is 1. The summed E-state index contributed by atoms with van der Waals surface area (Å²) >= 11 is 6.05. The lowest BCUT2D eigenvalue weighted by atomic mass is 10.1. The normalized spacial score (nSPS) is 11.9. The first-order chi connectivity index (χ1) is 13.9. The Hall–Kier alpha value is -3.30. The maximum Gasteiger partial charge on any atom is 0.349 e. The smallest absolute Gasteiger partial charge is 0.349 e. The molecule has 0 saturated heterocycles. The molecule has 7 heteroatoms. The van der Waals surface area contributed by atoms with E-state index in [1.807, 2.05) is 13.0 Å². The van der Waals surface area contributed by atoms with Gasteiger partial charge in [-0.25, -0.2) is 4.79 Å². The summed E-state index contributed by atoms with van der Waals surface area (Å²) in [7, 11) is 0. The molecule has 1 N–H and O–H groups in total. The Morgan fingerprint density at radius 2 is 1.90 bits per heavy atom. The molecule has 6 nitrogen and oxygen atoms in total. The zero-order chi connectivity index (χ0) is 21.2. The number of carbonyl (C=O) groups excluding carboxylic acids is 2. The van der Waals surface area contributed by atoms with Crippen LogP contribution < -0.4 is 10.1 Å². The van der Waals surface area contributed by atoms with Crippen molar-refractivity contribution in [3.8, 4) is 11.8 Å². The fraction of sp³-hybridized carbons (Fsp3) is 0.227. The second-order valence-corrected chi connectivity index (χ2v) is 6.44. The molecule has 0 aromatic heterocycles. The van der Waals surface area contributed by atoms with Crippen LogP contribution in [0.1, 0.15) is 25.0 Å². The third kappa shape index (κ3) is 6.66. The van der Waals surface area contributed by atoms with Crippen molar-refractivity contribution in [1.29, 1.82) is 5.26 Å². The number of nitrogens with one attached hydrogen (secondary N) is 1. The van der Waals surface area contributed by atoms with E-state index in [9.17, 15) is 14.9 Å². The maximum atomic E-state index is 12.3. The highest BCUT2D eigenvalue weighted by Crippen LogP contribution is 2.16. The molecular weight excluding hydrogens is 392 g/mol. The SMILES string of the molecule is CCOc1ccc(/C=C(\C#N)C(=O)O[C@H](C)C(=O)NCc2ccccc2Cl)cc1. The van der Waals surface area contributed by atoms with E-state index in [1.54, 1.807) is 48.5 Å². The molecule has 0 aliphatic carbocycles. The van der Waals surface area contributed by atoms with E-state index in [0.29, 0.717) is 22.9 Å². The lowest BCUT2D eigenvalue weighted by Gasteiger charge is -2.13. The molecule has 0 aliphatic heterocycles. The highest BCUT2D eigenvalue weighted by molar-refractivity contribution is 6.31. The molecule has 0 radical (unpaired) electrons. The van der Waals surface area contributed by atoms with Crippen molar-refractivity contribution in [2.45, 2.75) is 26.5 Å². The lowest BCUT2D eigenvalue weighted by molar-refractivity contribution is -0.150. The molecule has 2 rings (SSSR count). The number of benzene rings is 2. The fourth-order valence-corrected chi connectivity index (χ4v) is 2.58. The number of ether oxygens (including phenoxy) is 2. The molecular formula is C22H21ClN2O4. The Bertz CT molecular complexity index is 933. The Kier molecular flexibility index (Phi) is 8.26. The number of hydrogen-bond acceptors (Lipinski definition) is 5. The van der Waals surface area contributed by atoms with Gasteiger partial charge in [0.1, 0.15) is 17.4 Å². The topological polar surface area (TPSA) is 88.4 Å². The predicted molar refractivity (Wildman–Crippen MR) is 110 cm³/mol. The standard InChI is InChI=1S/C22H21ClN2O4/c1-3-28-19-10-8-16(9-11-19)12-18(13-24)22(27)29-15(2)21(26)25-14-17-6-4-5-7-20(17)23/h4-12,15H,3,14H2,1-2H3,(H,25,26)/b18-12+/t15-/m1/s1. The largest absolute Gasteiger partial charge is 0.494 e. The summed E-state index contributed by atoms with van der Waals surface area (Å²) in [6.45, 7) is 4.06. The minimum atomic E-state index is -1.07. The van der Waals surface area contributed by atoms with E-state index in [1.165, 1.54) is 13.0 Å². The lowest BCUT2D eigenvalue weighted by Crippen LogP contribution is -2.35. The van der Waals surface area contributed by atoms with Crippen molar-refractivity contribution in [2.75, 3.05) is 6.61 Å². The molecule has 0 heterocycles. The molecule has 0 unspecified atom stereocenters. The number of rotatable bonds is 8. The van der Waals surface area contributed by atoms with Crippen LogP contribution in [0.4, 0.5) is 0 Å². The highest BCUT2D eigenvalue weighted by Gasteiger charge is 2.20. The maximum absolute atomic E-state index is 12.3. The van der Waals surface area contributed by atoms with Crippen molar-refractivity contribution in [2.24, 2.45) is 0 Å². The monoisotopic (exact) mass is 412 g/mol. The zero-order valence-electron chi connectivity index (χ0n) is 16.1. The van der Waals surface area contributed by atoms with E-state index in [2.05, 4.69) is 5.32 Å². The van der Waals surface area contributed by atoms with E-state index >= 15 is 0 Å². The summed E-state index contributed by atoms with van der Waals surface area (Å²) in [5.41, 5.74) is 1.17. The number of nitrogens with zero attached hydrogens (tertiary/aromatic N) is 1. The third-order valence-corrected chi connectivity index (χ3v) is 4.28. The van der Waals surface area contributed by atoms with Gasteiger partial charge in [-0.1, -0.05) is 41.9 Å². The van der Waals surface area contributed by atoms with Gasteiger partial charge in [-0.15, -0.1) is 0 Å². The average molecular weight is 413 g/mol. The predicted octanol–water partition coefficient (Wildman–Crippen LogP) is 3.89. The zero-order valence-corrected chi connectivity index (χ0v) is 16.9. The van der Waals surface area contributed by atoms with Gasteiger partial charge in [-0.3, -0.25) is 4.79 Å². The number of carbonyl (C=O) groups is 2. The van der Waals surface area contributed by atoms with Crippen molar-refractivity contribution in [3.63, 3.8) is 0 Å². The van der Waals surface area contributed by atoms with Crippen molar-refractivity contribution in [1.82, 2.24) is 5.32 Å². The van der Waals surface area contributed by atoms with Gasteiger partial charge in [-0.05, 0) is 49.2 Å². The van der Waals surface area contributed by atoms with Gasteiger partial charge in [-0.2, -0.15) is 5.26 Å². The Morgan fingerprint density at radius 1 is 1.21 bits per heavy atom. The summed E-state index contributed by atoms with van der Waals surface area (Å²) in [6, 6.07) is 15.8. The Labute approximate surface area is 174 Å². The van der Waals surface area contributed by atoms with Crippen LogP contribution in [0.25, 0.3) is 6.08 Å². The van der Waals surface area contributed by atoms with Gasteiger partial charge in [0.15, 0.2) is 6.10 Å². The van der Waals surface area contributed by atoms with E-state index in [-0.39, 0.29) is 12.1 Å². The van der Waals surface area contributed by atoms with Gasteiger partial charge < -0.3 is 14.8 Å². The first-order valence-corrected chi connectivity index (χ1v) is 9.39. The number of halogens is 1. The van der Waals surface area contributed by atoms with Crippen LogP contribution in [-0.4, -0.2) is 24.6 Å². The molecule has 29 heavy (non-hydrogen) atoms. The van der Waals surface area contributed by atoms with E-state index in [0.717, 1.165) is 5.56 Å². The average Bonchev–Trinajstić information content (AvgIpc) is 2.72. The molecule has 1 atom stereocenters. The van der Waals surface area contributed by atoms with Crippen LogP contribution in [0.15, 0.2) is 54.1 Å². The highest BCUT2D eigenvalue weighted by atomic mass is 35.5. The van der Waals surface area contributed by atoms with Crippen LogP contribution in [0, 0.1) is 11.3 Å². The van der Waals surface area contributed by atoms with Gasteiger partial charge in [0.2, 0.25) is 0 Å². The van der Waals surface area contributed by atoms with E-state index < -0.39 is 18.0 Å². The van der Waals surface area contributed by atoms with Gasteiger partial charge in [0.25, 0.3) is 5.91 Å². The second kappa shape index (κ2) is 10.9. The van der Waals surface area contributed by atoms with Gasteiger partial charge in [0, 0.05) is 11.6 Å². The minimum absolute atomic E-state index is 0.202. The Morgan fingerprint density at radius 3 is 2.52 bits per heavy atom. The van der Waals surface area contributed by atoms with E-state index in [4.69, 9.17) is 21.1 Å². The second-order valence-electron chi connectivity index (χ2n) is 6.03. The van der Waals surface area contributed by atoms with Gasteiger partial charge in [0.05, 0.1) is 6.61 Å². The first kappa shape index (κ1) is 22.0. The third-order valence-electron chi connectivity index (χ3n) is 3.91. The summed E-state index contributed by atoms with van der Waals surface area (Å²) in [5.74, 6) is -0.673. The molecule has 0 spiro atoms. The van der Waals surface area contributed by atoms with Gasteiger partial charge >= 0.3 is 5.97 Å². The summed E-state index contributed by atoms with van der Waals surface area (Å²) in [5, 5.41) is 12.5. The molecule has 0 aliphatic rings. The summed E-state index contributed by atoms with van der Waals surface area (Å²) < 4.78 is 10.5. The molecule has 0 fully saturated rings. The first-order valence-electron chi connectivity index (χ1n) is 9.01. The fourth-order valence-electron chi connectivity index (χ4n) is 2.38. The molecule has 0 saturated carbocycles. The molecule has 1 amide bonds. The van der Waals surface area contributed by atoms with Crippen LogP contribution >= 0.6 is 11.6 Å². The molecule has 0 bridgehead atoms. The Balaban J connectivity index is 1.96. The summed E-state index contributed by atoms with van der Waals surface area (Å²) in [4.78, 5) is 24.4. The minimum Gasteiger partial charge on any atom is -0.494 e. The quantitative estimate of drug-likeness (QED) is 0.403. The van der Waals surface area contributed by atoms with Crippen LogP contribution in [0.5, 0.6) is 5.75 Å². The van der Waals surface area contributed by atoms with Crippen LogP contribution in [0.3, 0.4) is 0 Å². The van der Waals surface area contributed by atoms with Crippen LogP contribution in [-0.2, 0) is 20.9 Å². The molecule has 2 aromatic carbocycles. The van der Waals surface area contributed by atoms with Crippen molar-refractivity contribution in [3.05, 3.63) is 70.3 Å². The number of nitriles is 1. The van der Waals surface area contributed by atoms with Crippen molar-refractivity contribution < 1.29 is 19.1 Å². The number of hydrogen-bond donors (Lipinski definition) is 1.